The topological polar surface area (TPSA) is 52.6 Å². The molecule has 0 saturated carbocycles. The molecule has 1 aliphatic rings. The van der Waals surface area contributed by atoms with E-state index in [4.69, 9.17) is 0 Å². The zero-order chi connectivity index (χ0) is 15.6. The van der Waals surface area contributed by atoms with Gasteiger partial charge in [0.15, 0.2) is 6.10 Å². The van der Waals surface area contributed by atoms with Gasteiger partial charge in [0.25, 0.3) is 5.91 Å². The lowest BCUT2D eigenvalue weighted by Crippen LogP contribution is -2.29. The molecule has 1 aromatic rings. The highest BCUT2D eigenvalue weighted by Crippen LogP contribution is 2.36. The number of hydrogen-bond acceptors (Lipinski definition) is 3. The zero-order valence-electron chi connectivity index (χ0n) is 12.8. The SMILES string of the molecule is CCC(CC)CN(CC)c1cc2c(cc1F)C(O)C(=O)N2. The maximum Gasteiger partial charge on any atom is 0.257 e. The fourth-order valence-corrected chi connectivity index (χ4v) is 2.75. The number of anilines is 2. The van der Waals surface area contributed by atoms with Crippen molar-refractivity contribution in [1.82, 2.24) is 0 Å². The van der Waals surface area contributed by atoms with Crippen molar-refractivity contribution in [3.63, 3.8) is 0 Å². The molecular weight excluding hydrogens is 271 g/mol. The minimum atomic E-state index is -1.27. The molecule has 116 valence electrons. The quantitative estimate of drug-likeness (QED) is 0.848. The summed E-state index contributed by atoms with van der Waals surface area (Å²) in [5.41, 5.74) is 1.31. The molecule has 1 heterocycles. The van der Waals surface area contributed by atoms with E-state index in [1.165, 1.54) is 6.07 Å². The van der Waals surface area contributed by atoms with Crippen molar-refractivity contribution in [2.75, 3.05) is 23.3 Å². The molecule has 21 heavy (non-hydrogen) atoms. The summed E-state index contributed by atoms with van der Waals surface area (Å²) < 4.78 is 14.3. The van der Waals surface area contributed by atoms with Crippen LogP contribution in [-0.2, 0) is 4.79 Å². The summed E-state index contributed by atoms with van der Waals surface area (Å²) in [6.07, 6.45) is 0.835. The van der Waals surface area contributed by atoms with E-state index < -0.39 is 17.8 Å². The molecular formula is C16H23FN2O2. The molecule has 1 aromatic carbocycles. The lowest BCUT2D eigenvalue weighted by molar-refractivity contribution is -0.123. The summed E-state index contributed by atoms with van der Waals surface area (Å²) in [6, 6.07) is 2.90. The number of fused-ring (bicyclic) bond motifs is 1. The number of carbonyl (C=O) groups is 1. The molecule has 0 spiro atoms. The maximum atomic E-state index is 14.3. The second-order valence-corrected chi connectivity index (χ2v) is 5.50. The first-order valence-electron chi connectivity index (χ1n) is 7.59. The summed E-state index contributed by atoms with van der Waals surface area (Å²) in [6.45, 7) is 7.75. The molecule has 0 bridgehead atoms. The van der Waals surface area contributed by atoms with Gasteiger partial charge in [-0.05, 0) is 25.0 Å². The molecule has 2 N–H and O–H groups in total. The van der Waals surface area contributed by atoms with Crippen LogP contribution in [0.2, 0.25) is 0 Å². The molecule has 2 rings (SSSR count). The van der Waals surface area contributed by atoms with Crippen molar-refractivity contribution >= 4 is 17.3 Å². The van der Waals surface area contributed by atoms with Gasteiger partial charge < -0.3 is 15.3 Å². The summed E-state index contributed by atoms with van der Waals surface area (Å²) in [4.78, 5) is 13.5. The van der Waals surface area contributed by atoms with Gasteiger partial charge in [0.2, 0.25) is 0 Å². The Labute approximate surface area is 125 Å². The summed E-state index contributed by atoms with van der Waals surface area (Å²) in [7, 11) is 0. The van der Waals surface area contributed by atoms with E-state index in [2.05, 4.69) is 19.2 Å². The van der Waals surface area contributed by atoms with Crippen LogP contribution < -0.4 is 10.2 Å². The van der Waals surface area contributed by atoms with Crippen LogP contribution in [0.1, 0.15) is 45.3 Å². The molecule has 5 heteroatoms. The monoisotopic (exact) mass is 294 g/mol. The average molecular weight is 294 g/mol. The first-order valence-corrected chi connectivity index (χ1v) is 7.59. The molecule has 1 aliphatic heterocycles. The number of nitrogens with zero attached hydrogens (tertiary/aromatic N) is 1. The van der Waals surface area contributed by atoms with Crippen LogP contribution in [0.5, 0.6) is 0 Å². The van der Waals surface area contributed by atoms with Gasteiger partial charge in [-0.1, -0.05) is 26.7 Å². The summed E-state index contributed by atoms with van der Waals surface area (Å²) >= 11 is 0. The number of aliphatic hydroxyl groups excluding tert-OH is 1. The Bertz CT molecular complexity index is 529. The van der Waals surface area contributed by atoms with Crippen LogP contribution in [0.4, 0.5) is 15.8 Å². The molecule has 1 amide bonds. The van der Waals surface area contributed by atoms with Gasteiger partial charge in [0.05, 0.1) is 5.69 Å². The van der Waals surface area contributed by atoms with Gasteiger partial charge in [-0.15, -0.1) is 0 Å². The van der Waals surface area contributed by atoms with Crippen molar-refractivity contribution in [1.29, 1.82) is 0 Å². The Morgan fingerprint density at radius 3 is 2.57 bits per heavy atom. The first-order chi connectivity index (χ1) is 10.0. The summed E-state index contributed by atoms with van der Waals surface area (Å²) in [5.74, 6) is -0.375. The highest BCUT2D eigenvalue weighted by Gasteiger charge is 2.30. The number of amides is 1. The van der Waals surface area contributed by atoms with Crippen LogP contribution in [0.25, 0.3) is 0 Å². The molecule has 4 nitrogen and oxygen atoms in total. The normalized spacial score (nSPS) is 17.0. The van der Waals surface area contributed by atoms with Crippen molar-refractivity contribution in [3.8, 4) is 0 Å². The third-order valence-electron chi connectivity index (χ3n) is 4.28. The van der Waals surface area contributed by atoms with Crippen molar-refractivity contribution in [2.24, 2.45) is 5.92 Å². The molecule has 1 atom stereocenters. The number of rotatable bonds is 6. The second kappa shape index (κ2) is 6.43. The van der Waals surface area contributed by atoms with E-state index in [1.807, 2.05) is 11.8 Å². The molecule has 0 aromatic heterocycles. The van der Waals surface area contributed by atoms with Gasteiger partial charge in [-0.2, -0.15) is 0 Å². The Morgan fingerprint density at radius 2 is 2.00 bits per heavy atom. The zero-order valence-corrected chi connectivity index (χ0v) is 12.8. The highest BCUT2D eigenvalue weighted by molar-refractivity contribution is 6.02. The van der Waals surface area contributed by atoms with Gasteiger partial charge in [0, 0.05) is 24.3 Å². The van der Waals surface area contributed by atoms with Crippen LogP contribution in [0.3, 0.4) is 0 Å². The number of hydrogen-bond donors (Lipinski definition) is 2. The van der Waals surface area contributed by atoms with E-state index in [1.54, 1.807) is 6.07 Å². The van der Waals surface area contributed by atoms with E-state index >= 15 is 0 Å². The Morgan fingerprint density at radius 1 is 1.33 bits per heavy atom. The van der Waals surface area contributed by atoms with Crippen LogP contribution >= 0.6 is 0 Å². The fraction of sp³-hybridized carbons (Fsp3) is 0.562. The largest absolute Gasteiger partial charge is 0.378 e. The lowest BCUT2D eigenvalue weighted by atomic mass is 10.0. The molecule has 1 unspecified atom stereocenters. The average Bonchev–Trinajstić information content (AvgIpc) is 2.75. The Kier molecular flexibility index (Phi) is 4.83. The predicted molar refractivity (Wildman–Crippen MR) is 81.9 cm³/mol. The number of aliphatic hydroxyl groups is 1. The van der Waals surface area contributed by atoms with Crippen molar-refractivity contribution in [2.45, 2.75) is 39.7 Å². The smallest absolute Gasteiger partial charge is 0.257 e. The first kappa shape index (κ1) is 15.8. The van der Waals surface area contributed by atoms with E-state index in [-0.39, 0.29) is 0 Å². The third-order valence-corrected chi connectivity index (χ3v) is 4.28. The maximum absolute atomic E-state index is 14.3. The van der Waals surface area contributed by atoms with Crippen LogP contribution in [0, 0.1) is 11.7 Å². The third kappa shape index (κ3) is 3.02. The van der Waals surface area contributed by atoms with E-state index in [9.17, 15) is 14.3 Å². The van der Waals surface area contributed by atoms with Crippen molar-refractivity contribution in [3.05, 3.63) is 23.5 Å². The lowest BCUT2D eigenvalue weighted by Gasteiger charge is -2.28. The predicted octanol–water partition coefficient (Wildman–Crippen LogP) is 3.07. The minimum absolute atomic E-state index is 0.319. The van der Waals surface area contributed by atoms with Crippen LogP contribution in [-0.4, -0.2) is 24.1 Å². The molecule has 0 fully saturated rings. The van der Waals surface area contributed by atoms with Crippen molar-refractivity contribution < 1.29 is 14.3 Å². The highest BCUT2D eigenvalue weighted by atomic mass is 19.1. The Hall–Kier alpha value is -1.62. The Balaban J connectivity index is 2.31. The molecule has 0 saturated heterocycles. The number of halogens is 1. The fourth-order valence-electron chi connectivity index (χ4n) is 2.75. The standard InChI is InChI=1S/C16H23FN2O2/c1-4-10(5-2)9-19(6-3)14-8-13-11(7-12(14)17)15(20)16(21)18-13/h7-8,10,15,20H,4-6,9H2,1-3H3,(H,18,21). The number of benzene rings is 1. The second-order valence-electron chi connectivity index (χ2n) is 5.50. The van der Waals surface area contributed by atoms with E-state index in [0.29, 0.717) is 29.4 Å². The van der Waals surface area contributed by atoms with Gasteiger partial charge in [-0.3, -0.25) is 4.79 Å². The number of carbonyl (C=O) groups excluding carboxylic acids is 1. The molecule has 0 radical (unpaired) electrons. The van der Waals surface area contributed by atoms with Crippen LogP contribution in [0.15, 0.2) is 12.1 Å². The van der Waals surface area contributed by atoms with Gasteiger partial charge >= 0.3 is 0 Å². The van der Waals surface area contributed by atoms with Gasteiger partial charge in [0.1, 0.15) is 5.82 Å². The molecule has 0 aliphatic carbocycles. The summed E-state index contributed by atoms with van der Waals surface area (Å²) in [5, 5.41) is 12.3. The minimum Gasteiger partial charge on any atom is -0.378 e. The number of nitrogens with one attached hydrogen (secondary N) is 1. The van der Waals surface area contributed by atoms with Gasteiger partial charge in [-0.25, -0.2) is 4.39 Å². The van der Waals surface area contributed by atoms with E-state index in [0.717, 1.165) is 19.4 Å².